The summed E-state index contributed by atoms with van der Waals surface area (Å²) in [5.41, 5.74) is 0. The molecular weight excluding hydrogens is 312 g/mol. The van der Waals surface area contributed by atoms with Gasteiger partial charge in [0.15, 0.2) is 6.10 Å². The summed E-state index contributed by atoms with van der Waals surface area (Å²) in [6.07, 6.45) is -3.73. The van der Waals surface area contributed by atoms with E-state index in [1.165, 1.54) is 27.7 Å². The van der Waals surface area contributed by atoms with Crippen molar-refractivity contribution in [2.24, 2.45) is 0 Å². The zero-order valence-corrected chi connectivity index (χ0v) is 13.4. The zero-order chi connectivity index (χ0) is 17.6. The van der Waals surface area contributed by atoms with E-state index in [0.29, 0.717) is 0 Å². The van der Waals surface area contributed by atoms with Gasteiger partial charge in [0.1, 0.15) is 18.8 Å². The van der Waals surface area contributed by atoms with E-state index in [0.717, 1.165) is 0 Å². The van der Waals surface area contributed by atoms with Gasteiger partial charge in [-0.2, -0.15) is 0 Å². The summed E-state index contributed by atoms with van der Waals surface area (Å²) in [7, 11) is 0. The monoisotopic (exact) mass is 332 g/mol. The van der Waals surface area contributed by atoms with Crippen LogP contribution in [0.4, 0.5) is 0 Å². The summed E-state index contributed by atoms with van der Waals surface area (Å²) in [6.45, 7) is 4.60. The van der Waals surface area contributed by atoms with Crippen molar-refractivity contribution in [1.29, 1.82) is 0 Å². The minimum absolute atomic E-state index is 0.0447. The van der Waals surface area contributed by atoms with Crippen LogP contribution in [-0.2, 0) is 42.9 Å². The van der Waals surface area contributed by atoms with Crippen molar-refractivity contribution >= 4 is 23.9 Å². The molecule has 130 valence electrons. The van der Waals surface area contributed by atoms with Crippen LogP contribution in [0, 0.1) is 0 Å². The summed E-state index contributed by atoms with van der Waals surface area (Å²) in [5, 5.41) is 0. The normalized spacial score (nSPS) is 26.8. The fourth-order valence-corrected chi connectivity index (χ4v) is 2.11. The smallest absolute Gasteiger partial charge is 0.305 e. The summed E-state index contributed by atoms with van der Waals surface area (Å²) in [6, 6.07) is 0. The molecule has 1 heterocycles. The number of ether oxygens (including phenoxy) is 5. The van der Waals surface area contributed by atoms with E-state index in [1.54, 1.807) is 0 Å². The van der Waals surface area contributed by atoms with Crippen molar-refractivity contribution in [3.8, 4) is 0 Å². The van der Waals surface area contributed by atoms with Gasteiger partial charge in [-0.15, -0.1) is 0 Å². The molecule has 0 unspecified atom stereocenters. The first-order chi connectivity index (χ1) is 10.7. The second-order valence-electron chi connectivity index (χ2n) is 4.99. The van der Waals surface area contributed by atoms with Crippen LogP contribution in [0.25, 0.3) is 0 Å². The maximum absolute atomic E-state index is 11.2. The van der Waals surface area contributed by atoms with Crippen LogP contribution in [0.2, 0.25) is 0 Å². The molecule has 1 rings (SSSR count). The van der Waals surface area contributed by atoms with Crippen molar-refractivity contribution in [3.05, 3.63) is 0 Å². The quantitative estimate of drug-likeness (QED) is 0.510. The topological polar surface area (TPSA) is 114 Å². The Balaban J connectivity index is 2.89. The van der Waals surface area contributed by atoms with Crippen molar-refractivity contribution < 1.29 is 42.9 Å². The number of rotatable bonds is 5. The minimum Gasteiger partial charge on any atom is -0.463 e. The van der Waals surface area contributed by atoms with Gasteiger partial charge < -0.3 is 23.7 Å². The summed E-state index contributed by atoms with van der Waals surface area (Å²) >= 11 is 0. The Morgan fingerprint density at radius 2 is 1.35 bits per heavy atom. The molecule has 0 spiro atoms. The minimum atomic E-state index is -1.18. The summed E-state index contributed by atoms with van der Waals surface area (Å²) in [4.78, 5) is 44.5. The second kappa shape index (κ2) is 8.47. The molecular formula is C14H20O9. The van der Waals surface area contributed by atoms with Gasteiger partial charge in [-0.25, -0.2) is 0 Å². The van der Waals surface area contributed by atoms with Gasteiger partial charge in [0.05, 0.1) is 0 Å². The van der Waals surface area contributed by atoms with Crippen LogP contribution in [0.15, 0.2) is 0 Å². The molecule has 0 N–H and O–H groups in total. The highest BCUT2D eigenvalue weighted by molar-refractivity contribution is 5.68. The van der Waals surface area contributed by atoms with Crippen LogP contribution in [0.5, 0.6) is 0 Å². The van der Waals surface area contributed by atoms with Gasteiger partial charge in [-0.1, -0.05) is 0 Å². The average molecular weight is 332 g/mol. The summed E-state index contributed by atoms with van der Waals surface area (Å²) < 4.78 is 25.5. The molecule has 23 heavy (non-hydrogen) atoms. The van der Waals surface area contributed by atoms with Gasteiger partial charge >= 0.3 is 23.9 Å². The lowest BCUT2D eigenvalue weighted by molar-refractivity contribution is -0.270. The molecule has 0 bridgehead atoms. The van der Waals surface area contributed by atoms with E-state index < -0.39 is 48.5 Å². The maximum atomic E-state index is 11.2. The van der Waals surface area contributed by atoms with E-state index in [1.807, 2.05) is 0 Å². The Labute approximate surface area is 133 Å². The van der Waals surface area contributed by atoms with Gasteiger partial charge in [-0.05, 0) is 0 Å². The molecule has 0 saturated carbocycles. The van der Waals surface area contributed by atoms with E-state index in [2.05, 4.69) is 0 Å². The first-order valence-corrected chi connectivity index (χ1v) is 6.99. The van der Waals surface area contributed by atoms with Gasteiger partial charge in [-0.3, -0.25) is 19.2 Å². The number of carbonyl (C=O) groups is 4. The fourth-order valence-electron chi connectivity index (χ4n) is 2.11. The third-order valence-electron chi connectivity index (χ3n) is 2.86. The van der Waals surface area contributed by atoms with Crippen molar-refractivity contribution in [1.82, 2.24) is 0 Å². The highest BCUT2D eigenvalue weighted by atomic mass is 16.7. The molecule has 0 amide bonds. The van der Waals surface area contributed by atoms with Gasteiger partial charge in [0, 0.05) is 34.1 Å². The zero-order valence-electron chi connectivity index (χ0n) is 13.4. The van der Waals surface area contributed by atoms with Crippen LogP contribution in [-0.4, -0.2) is 55.1 Å². The fraction of sp³-hybridized carbons (Fsp3) is 0.714. The molecule has 1 fully saturated rings. The number of hydrogen-bond acceptors (Lipinski definition) is 9. The predicted octanol–water partition coefficient (Wildman–Crippen LogP) is 0.0910. The van der Waals surface area contributed by atoms with E-state index >= 15 is 0 Å². The Kier molecular flexibility index (Phi) is 6.95. The maximum Gasteiger partial charge on any atom is 0.305 e. The highest BCUT2D eigenvalue weighted by Gasteiger charge is 2.43. The molecule has 4 atom stereocenters. The lowest BCUT2D eigenvalue weighted by Gasteiger charge is -2.39. The molecule has 0 radical (unpaired) electrons. The van der Waals surface area contributed by atoms with Crippen LogP contribution in [0.3, 0.4) is 0 Å². The largest absolute Gasteiger partial charge is 0.463 e. The summed E-state index contributed by atoms with van der Waals surface area (Å²) in [5.74, 6) is -2.35. The standard InChI is InChI=1S/C14H20O9/c1-7(15)19-6-13-11(20-8(2)16)5-12(21-9(3)17)14(23-13)22-10(4)18/h11-14H,5-6H2,1-4H3/t11-,12+,13+,14+/m0/s1. The number of carbonyl (C=O) groups excluding carboxylic acids is 4. The molecule has 1 saturated heterocycles. The molecule has 9 nitrogen and oxygen atoms in total. The van der Waals surface area contributed by atoms with E-state index in [-0.39, 0.29) is 13.0 Å². The third-order valence-corrected chi connectivity index (χ3v) is 2.86. The Morgan fingerprint density at radius 1 is 0.826 bits per heavy atom. The lowest BCUT2D eigenvalue weighted by Crippen LogP contribution is -2.53. The molecule has 0 aliphatic carbocycles. The third kappa shape index (κ3) is 6.64. The Morgan fingerprint density at radius 3 is 1.83 bits per heavy atom. The first-order valence-electron chi connectivity index (χ1n) is 6.99. The Hall–Kier alpha value is -2.16. The average Bonchev–Trinajstić information content (AvgIpc) is 2.38. The lowest BCUT2D eigenvalue weighted by atomic mass is 10.0. The SMILES string of the molecule is CC(=O)OC[C@H]1O[C@@H](OC(C)=O)[C@H](OC(C)=O)C[C@@H]1OC(C)=O. The molecule has 1 aliphatic rings. The van der Waals surface area contributed by atoms with E-state index in [4.69, 9.17) is 23.7 Å². The van der Waals surface area contributed by atoms with Crippen LogP contribution < -0.4 is 0 Å². The molecule has 0 aromatic heterocycles. The van der Waals surface area contributed by atoms with Crippen molar-refractivity contribution in [3.63, 3.8) is 0 Å². The highest BCUT2D eigenvalue weighted by Crippen LogP contribution is 2.26. The predicted molar refractivity (Wildman–Crippen MR) is 72.8 cm³/mol. The van der Waals surface area contributed by atoms with Crippen molar-refractivity contribution in [2.75, 3.05) is 6.61 Å². The molecule has 0 aromatic carbocycles. The van der Waals surface area contributed by atoms with Crippen LogP contribution >= 0.6 is 0 Å². The second-order valence-corrected chi connectivity index (χ2v) is 4.99. The van der Waals surface area contributed by atoms with Gasteiger partial charge in [0.2, 0.25) is 6.29 Å². The molecule has 1 aliphatic heterocycles. The van der Waals surface area contributed by atoms with Crippen molar-refractivity contribution in [2.45, 2.75) is 58.7 Å². The molecule has 9 heteroatoms. The number of esters is 4. The molecule has 0 aromatic rings. The first kappa shape index (κ1) is 18.9. The van der Waals surface area contributed by atoms with Gasteiger partial charge in [0.25, 0.3) is 0 Å². The number of hydrogen-bond donors (Lipinski definition) is 0. The van der Waals surface area contributed by atoms with E-state index in [9.17, 15) is 19.2 Å². The Bertz CT molecular complexity index is 473. The van der Waals surface area contributed by atoms with Crippen LogP contribution in [0.1, 0.15) is 34.1 Å².